The quantitative estimate of drug-likeness (QED) is 0.498. The molecule has 3 aromatic heterocycles. The standard InChI is InChI=1S/C20H19N3O3/c1-24-10-11-26-15-8-9-23-17(13-21-19(23)12-15)16-7-6-14-4-3-5-18(25-2)20(14)22-16/h3-9,12-13H,10-11H2,1-2H3. The van der Waals surface area contributed by atoms with E-state index < -0.39 is 0 Å². The fraction of sp³-hybridized carbons (Fsp3) is 0.200. The van der Waals surface area contributed by atoms with Gasteiger partial charge in [0.05, 0.1) is 31.3 Å². The molecule has 0 saturated heterocycles. The number of rotatable bonds is 6. The Kier molecular flexibility index (Phi) is 4.41. The molecule has 0 atom stereocenters. The monoisotopic (exact) mass is 349 g/mol. The Balaban J connectivity index is 1.73. The van der Waals surface area contributed by atoms with Crippen molar-refractivity contribution in [1.29, 1.82) is 0 Å². The lowest BCUT2D eigenvalue weighted by atomic mass is 10.1. The fourth-order valence-electron chi connectivity index (χ4n) is 2.91. The van der Waals surface area contributed by atoms with Crippen LogP contribution in [-0.4, -0.2) is 41.8 Å². The molecule has 0 saturated carbocycles. The number of hydrogen-bond donors (Lipinski definition) is 0. The van der Waals surface area contributed by atoms with Crippen molar-refractivity contribution >= 4 is 16.6 Å². The van der Waals surface area contributed by atoms with Crippen molar-refractivity contribution in [3.8, 4) is 22.9 Å². The van der Waals surface area contributed by atoms with Crippen molar-refractivity contribution in [2.24, 2.45) is 0 Å². The smallest absolute Gasteiger partial charge is 0.145 e. The molecule has 1 aromatic carbocycles. The largest absolute Gasteiger partial charge is 0.494 e. The number of hydrogen-bond acceptors (Lipinski definition) is 5. The highest BCUT2D eigenvalue weighted by atomic mass is 16.5. The topological polar surface area (TPSA) is 57.9 Å². The van der Waals surface area contributed by atoms with E-state index >= 15 is 0 Å². The van der Waals surface area contributed by atoms with Gasteiger partial charge in [-0.15, -0.1) is 0 Å². The van der Waals surface area contributed by atoms with Crippen LogP contribution in [0.5, 0.6) is 11.5 Å². The number of para-hydroxylation sites is 1. The maximum Gasteiger partial charge on any atom is 0.145 e. The van der Waals surface area contributed by atoms with Gasteiger partial charge < -0.3 is 14.2 Å². The number of aromatic nitrogens is 3. The number of nitrogens with zero attached hydrogens (tertiary/aromatic N) is 3. The maximum atomic E-state index is 5.65. The first kappa shape index (κ1) is 16.4. The van der Waals surface area contributed by atoms with Gasteiger partial charge >= 0.3 is 0 Å². The normalized spacial score (nSPS) is 11.2. The Bertz CT molecular complexity index is 1060. The summed E-state index contributed by atoms with van der Waals surface area (Å²) in [6.45, 7) is 1.06. The molecule has 26 heavy (non-hydrogen) atoms. The van der Waals surface area contributed by atoms with Gasteiger partial charge in [0, 0.05) is 24.8 Å². The zero-order valence-corrected chi connectivity index (χ0v) is 14.7. The Hall–Kier alpha value is -3.12. The number of ether oxygens (including phenoxy) is 3. The molecule has 0 spiro atoms. The summed E-state index contributed by atoms with van der Waals surface area (Å²) in [5.41, 5.74) is 3.39. The minimum atomic E-state index is 0.506. The second-order valence-corrected chi connectivity index (χ2v) is 5.80. The maximum absolute atomic E-state index is 5.65. The van der Waals surface area contributed by atoms with Crippen LogP contribution in [0.3, 0.4) is 0 Å². The second kappa shape index (κ2) is 7.01. The average molecular weight is 349 g/mol. The van der Waals surface area contributed by atoms with E-state index in [4.69, 9.17) is 19.2 Å². The molecule has 0 radical (unpaired) electrons. The first-order valence-electron chi connectivity index (χ1n) is 8.33. The summed E-state index contributed by atoms with van der Waals surface area (Å²) in [5, 5.41) is 1.04. The van der Waals surface area contributed by atoms with Crippen LogP contribution >= 0.6 is 0 Å². The lowest BCUT2D eigenvalue weighted by Gasteiger charge is -2.08. The number of fused-ring (bicyclic) bond motifs is 2. The Labute approximate surface area is 151 Å². The molecule has 0 aliphatic carbocycles. The Morgan fingerprint density at radius 2 is 1.96 bits per heavy atom. The van der Waals surface area contributed by atoms with Gasteiger partial charge in [0.1, 0.15) is 29.3 Å². The summed E-state index contributed by atoms with van der Waals surface area (Å²) >= 11 is 0. The van der Waals surface area contributed by atoms with Gasteiger partial charge in [-0.05, 0) is 18.2 Å². The van der Waals surface area contributed by atoms with Crippen LogP contribution in [0.15, 0.2) is 54.9 Å². The van der Waals surface area contributed by atoms with Crippen LogP contribution in [0.4, 0.5) is 0 Å². The Morgan fingerprint density at radius 3 is 2.81 bits per heavy atom. The van der Waals surface area contributed by atoms with E-state index in [2.05, 4.69) is 4.98 Å². The third-order valence-electron chi connectivity index (χ3n) is 4.21. The van der Waals surface area contributed by atoms with Gasteiger partial charge in [-0.1, -0.05) is 18.2 Å². The first-order chi connectivity index (χ1) is 12.8. The van der Waals surface area contributed by atoms with Crippen molar-refractivity contribution in [2.45, 2.75) is 0 Å². The molecule has 0 unspecified atom stereocenters. The van der Waals surface area contributed by atoms with Crippen molar-refractivity contribution in [3.63, 3.8) is 0 Å². The third-order valence-corrected chi connectivity index (χ3v) is 4.21. The van der Waals surface area contributed by atoms with Crippen LogP contribution in [0.1, 0.15) is 0 Å². The number of benzene rings is 1. The van der Waals surface area contributed by atoms with Crippen LogP contribution in [-0.2, 0) is 4.74 Å². The predicted molar refractivity (Wildman–Crippen MR) is 99.9 cm³/mol. The molecule has 0 fully saturated rings. The van der Waals surface area contributed by atoms with Gasteiger partial charge in [-0.25, -0.2) is 9.97 Å². The number of imidazole rings is 1. The van der Waals surface area contributed by atoms with Crippen molar-refractivity contribution in [3.05, 3.63) is 54.9 Å². The summed E-state index contributed by atoms with van der Waals surface area (Å²) in [4.78, 5) is 9.28. The van der Waals surface area contributed by atoms with E-state index in [1.54, 1.807) is 14.2 Å². The van der Waals surface area contributed by atoms with Crippen LogP contribution in [0.25, 0.3) is 27.9 Å². The molecular formula is C20H19N3O3. The third kappa shape index (κ3) is 2.95. The minimum Gasteiger partial charge on any atom is -0.494 e. The van der Waals surface area contributed by atoms with Crippen LogP contribution < -0.4 is 9.47 Å². The van der Waals surface area contributed by atoms with Crippen LogP contribution in [0.2, 0.25) is 0 Å². The van der Waals surface area contributed by atoms with Gasteiger partial charge in [-0.3, -0.25) is 4.40 Å². The molecule has 4 rings (SSSR count). The zero-order chi connectivity index (χ0) is 17.9. The Morgan fingerprint density at radius 1 is 1.04 bits per heavy atom. The average Bonchev–Trinajstić information content (AvgIpc) is 3.10. The molecular weight excluding hydrogens is 330 g/mol. The second-order valence-electron chi connectivity index (χ2n) is 5.80. The van der Waals surface area contributed by atoms with E-state index in [0.717, 1.165) is 39.4 Å². The predicted octanol–water partition coefficient (Wildman–Crippen LogP) is 3.58. The molecule has 6 nitrogen and oxygen atoms in total. The number of methoxy groups -OCH3 is 2. The highest BCUT2D eigenvalue weighted by molar-refractivity contribution is 5.86. The molecule has 0 N–H and O–H groups in total. The lowest BCUT2D eigenvalue weighted by Crippen LogP contribution is -2.04. The summed E-state index contributed by atoms with van der Waals surface area (Å²) in [6.07, 6.45) is 3.76. The summed E-state index contributed by atoms with van der Waals surface area (Å²) in [5.74, 6) is 1.52. The van der Waals surface area contributed by atoms with Crippen molar-refractivity contribution in [1.82, 2.24) is 14.4 Å². The van der Waals surface area contributed by atoms with Crippen molar-refractivity contribution in [2.75, 3.05) is 27.4 Å². The fourth-order valence-corrected chi connectivity index (χ4v) is 2.91. The molecule has 0 aliphatic heterocycles. The van der Waals surface area contributed by atoms with Gasteiger partial charge in [-0.2, -0.15) is 0 Å². The van der Waals surface area contributed by atoms with E-state index in [1.165, 1.54) is 0 Å². The number of pyridine rings is 2. The first-order valence-corrected chi connectivity index (χ1v) is 8.33. The lowest BCUT2D eigenvalue weighted by molar-refractivity contribution is 0.146. The summed E-state index contributed by atoms with van der Waals surface area (Å²) < 4.78 is 18.1. The molecule has 132 valence electrons. The molecule has 0 amide bonds. The highest BCUT2D eigenvalue weighted by Crippen LogP contribution is 2.28. The van der Waals surface area contributed by atoms with Gasteiger partial charge in [0.25, 0.3) is 0 Å². The molecule has 0 aliphatic rings. The summed E-state index contributed by atoms with van der Waals surface area (Å²) in [7, 11) is 3.31. The van der Waals surface area contributed by atoms with E-state index in [0.29, 0.717) is 13.2 Å². The molecule has 4 aromatic rings. The minimum absolute atomic E-state index is 0.506. The summed E-state index contributed by atoms with van der Waals surface area (Å²) in [6, 6.07) is 13.7. The molecule has 6 heteroatoms. The molecule has 3 heterocycles. The SMILES string of the molecule is COCCOc1ccn2c(-c3ccc4cccc(OC)c4n3)cnc2c1. The highest BCUT2D eigenvalue weighted by Gasteiger charge is 2.11. The van der Waals surface area contributed by atoms with E-state index in [1.807, 2.05) is 59.3 Å². The van der Waals surface area contributed by atoms with E-state index in [9.17, 15) is 0 Å². The van der Waals surface area contributed by atoms with Gasteiger partial charge in [0.15, 0.2) is 0 Å². The van der Waals surface area contributed by atoms with Gasteiger partial charge in [0.2, 0.25) is 0 Å². The van der Waals surface area contributed by atoms with Crippen molar-refractivity contribution < 1.29 is 14.2 Å². The van der Waals surface area contributed by atoms with Crippen LogP contribution in [0, 0.1) is 0 Å². The molecule has 0 bridgehead atoms. The zero-order valence-electron chi connectivity index (χ0n) is 14.7. The van der Waals surface area contributed by atoms with E-state index in [-0.39, 0.29) is 0 Å².